The van der Waals surface area contributed by atoms with Crippen molar-refractivity contribution in [1.29, 1.82) is 0 Å². The Morgan fingerprint density at radius 2 is 1.61 bits per heavy atom. The van der Waals surface area contributed by atoms with E-state index in [2.05, 4.69) is 33.8 Å². The number of rotatable bonds is 3. The lowest BCUT2D eigenvalue weighted by Gasteiger charge is -2.71. The van der Waals surface area contributed by atoms with Crippen molar-refractivity contribution in [2.45, 2.75) is 98.5 Å². The van der Waals surface area contributed by atoms with Crippen LogP contribution in [0.5, 0.6) is 0 Å². The molecule has 0 bridgehead atoms. The standard InChI is InChI=1S/C30H46O6/c1-17-18(16-31)8-13-30(25(35)36)15-14-27(3)19(23(17)30)6-7-20-26(2)11-10-22(32)29(5,24(33)34)21(26)9-12-28(20,27)4/h6,17-18,20-23,31-32H,7-16H2,1-5H3,(H,33,34)(H,35,36). The molecule has 0 radical (unpaired) electrons. The van der Waals surface area contributed by atoms with Crippen LogP contribution < -0.4 is 0 Å². The van der Waals surface area contributed by atoms with Crippen LogP contribution in [0.3, 0.4) is 0 Å². The first-order valence-electron chi connectivity index (χ1n) is 14.2. The topological polar surface area (TPSA) is 115 Å². The van der Waals surface area contributed by atoms with E-state index in [9.17, 15) is 30.0 Å². The highest BCUT2D eigenvalue weighted by atomic mass is 16.4. The van der Waals surface area contributed by atoms with Gasteiger partial charge in [-0.3, -0.25) is 9.59 Å². The fraction of sp³-hybridized carbons (Fsp3) is 0.867. The van der Waals surface area contributed by atoms with Gasteiger partial charge in [-0.05, 0) is 111 Å². The van der Waals surface area contributed by atoms with Crippen molar-refractivity contribution < 1.29 is 30.0 Å². The summed E-state index contributed by atoms with van der Waals surface area (Å²) in [6.45, 7) is 11.1. The number of aliphatic hydroxyl groups is 2. The third kappa shape index (κ3) is 2.92. The molecule has 4 saturated carbocycles. The molecule has 0 aromatic heterocycles. The van der Waals surface area contributed by atoms with E-state index >= 15 is 0 Å². The lowest BCUT2D eigenvalue weighted by atomic mass is 9.33. The maximum atomic E-state index is 12.8. The van der Waals surface area contributed by atoms with Gasteiger partial charge in [0.05, 0.1) is 16.9 Å². The molecule has 0 aromatic carbocycles. The van der Waals surface area contributed by atoms with Gasteiger partial charge in [0.2, 0.25) is 0 Å². The Labute approximate surface area is 215 Å². The van der Waals surface area contributed by atoms with Gasteiger partial charge in [-0.2, -0.15) is 0 Å². The number of allylic oxidation sites excluding steroid dienone is 2. The van der Waals surface area contributed by atoms with Gasteiger partial charge in [0.25, 0.3) is 0 Å². The van der Waals surface area contributed by atoms with Crippen molar-refractivity contribution in [1.82, 2.24) is 0 Å². The van der Waals surface area contributed by atoms with Crippen molar-refractivity contribution >= 4 is 11.9 Å². The molecule has 5 rings (SSSR count). The second kappa shape index (κ2) is 8.05. The smallest absolute Gasteiger partial charge is 0.312 e. The monoisotopic (exact) mass is 502 g/mol. The summed E-state index contributed by atoms with van der Waals surface area (Å²) in [6.07, 6.45) is 8.27. The van der Waals surface area contributed by atoms with Gasteiger partial charge >= 0.3 is 11.9 Å². The average Bonchev–Trinajstić information content (AvgIpc) is 2.82. The molecule has 5 aliphatic carbocycles. The quantitative estimate of drug-likeness (QED) is 0.398. The van der Waals surface area contributed by atoms with Gasteiger partial charge in [0.1, 0.15) is 0 Å². The number of hydrogen-bond donors (Lipinski definition) is 4. The van der Waals surface area contributed by atoms with Crippen molar-refractivity contribution in [3.8, 4) is 0 Å². The molecule has 0 spiro atoms. The predicted molar refractivity (Wildman–Crippen MR) is 136 cm³/mol. The zero-order chi connectivity index (χ0) is 26.5. The van der Waals surface area contributed by atoms with Crippen LogP contribution >= 0.6 is 0 Å². The maximum absolute atomic E-state index is 12.8. The van der Waals surface area contributed by atoms with Gasteiger partial charge in [-0.25, -0.2) is 0 Å². The van der Waals surface area contributed by atoms with Crippen LogP contribution in [0, 0.1) is 56.7 Å². The predicted octanol–water partition coefficient (Wildman–Crippen LogP) is 5.13. The number of fused-ring (bicyclic) bond motifs is 7. The first kappa shape index (κ1) is 26.2. The van der Waals surface area contributed by atoms with Gasteiger partial charge in [0.15, 0.2) is 0 Å². The minimum Gasteiger partial charge on any atom is -0.481 e. The fourth-order valence-corrected chi connectivity index (χ4v) is 11.0. The summed E-state index contributed by atoms with van der Waals surface area (Å²) in [4.78, 5) is 25.3. The van der Waals surface area contributed by atoms with E-state index < -0.39 is 28.9 Å². The molecule has 4 fully saturated rings. The Bertz CT molecular complexity index is 990. The molecule has 6 nitrogen and oxygen atoms in total. The van der Waals surface area contributed by atoms with Crippen molar-refractivity contribution in [2.24, 2.45) is 56.7 Å². The van der Waals surface area contributed by atoms with E-state index in [1.807, 2.05) is 0 Å². The van der Waals surface area contributed by atoms with Crippen LogP contribution in [-0.2, 0) is 9.59 Å². The molecule has 0 amide bonds. The van der Waals surface area contributed by atoms with E-state index in [1.165, 1.54) is 5.57 Å². The molecule has 36 heavy (non-hydrogen) atoms. The summed E-state index contributed by atoms with van der Waals surface area (Å²) in [6, 6.07) is 0. The van der Waals surface area contributed by atoms with E-state index in [-0.39, 0.29) is 52.4 Å². The SMILES string of the molecule is CC1C(CO)CCC2(C(=O)O)CCC3(C)C(=CCC4C5(C)CCC(O)C(C)(C(=O)O)C5CCC43C)C12. The van der Waals surface area contributed by atoms with Crippen molar-refractivity contribution in [2.75, 3.05) is 6.61 Å². The Morgan fingerprint density at radius 3 is 2.22 bits per heavy atom. The minimum atomic E-state index is -1.14. The number of aliphatic hydroxyl groups excluding tert-OH is 2. The van der Waals surface area contributed by atoms with Crippen LogP contribution in [-0.4, -0.2) is 45.1 Å². The molecular weight excluding hydrogens is 456 g/mol. The number of carboxylic acid groups (broad SMARTS) is 2. The Hall–Kier alpha value is -1.40. The lowest BCUT2D eigenvalue weighted by molar-refractivity contribution is -0.218. The van der Waals surface area contributed by atoms with Gasteiger partial charge in [0, 0.05) is 6.61 Å². The van der Waals surface area contributed by atoms with Gasteiger partial charge in [-0.1, -0.05) is 39.3 Å². The normalized spacial score (nSPS) is 54.2. The van der Waals surface area contributed by atoms with E-state index in [0.29, 0.717) is 19.3 Å². The van der Waals surface area contributed by atoms with Crippen LogP contribution in [0.1, 0.15) is 92.4 Å². The number of hydrogen-bond acceptors (Lipinski definition) is 4. The van der Waals surface area contributed by atoms with E-state index in [4.69, 9.17) is 0 Å². The summed E-state index contributed by atoms with van der Waals surface area (Å²) >= 11 is 0. The Kier molecular flexibility index (Phi) is 5.86. The Balaban J connectivity index is 1.61. The molecule has 202 valence electrons. The largest absolute Gasteiger partial charge is 0.481 e. The molecule has 0 heterocycles. The van der Waals surface area contributed by atoms with Crippen molar-refractivity contribution in [3.63, 3.8) is 0 Å². The number of carboxylic acids is 2. The molecular formula is C30H46O6. The van der Waals surface area contributed by atoms with Crippen LogP contribution in [0.15, 0.2) is 11.6 Å². The highest BCUT2D eigenvalue weighted by Gasteiger charge is 2.71. The van der Waals surface area contributed by atoms with Gasteiger partial charge < -0.3 is 20.4 Å². The molecule has 11 atom stereocenters. The fourth-order valence-electron chi connectivity index (χ4n) is 11.0. The molecule has 0 saturated heterocycles. The summed E-state index contributed by atoms with van der Waals surface area (Å²) in [7, 11) is 0. The van der Waals surface area contributed by atoms with E-state index in [1.54, 1.807) is 6.92 Å². The van der Waals surface area contributed by atoms with Crippen LogP contribution in [0.4, 0.5) is 0 Å². The highest BCUT2D eigenvalue weighted by Crippen LogP contribution is 2.75. The molecule has 0 aliphatic heterocycles. The van der Waals surface area contributed by atoms with Crippen LogP contribution in [0.25, 0.3) is 0 Å². The minimum absolute atomic E-state index is 0.0689. The summed E-state index contributed by atoms with van der Waals surface area (Å²) < 4.78 is 0. The van der Waals surface area contributed by atoms with Crippen molar-refractivity contribution in [3.05, 3.63) is 11.6 Å². The number of carbonyl (C=O) groups is 2. The molecule has 0 aromatic rings. The maximum Gasteiger partial charge on any atom is 0.312 e. The molecule has 4 N–H and O–H groups in total. The Morgan fingerprint density at radius 1 is 0.917 bits per heavy atom. The third-order valence-electron chi connectivity index (χ3n) is 13.5. The first-order chi connectivity index (χ1) is 16.7. The van der Waals surface area contributed by atoms with Crippen LogP contribution in [0.2, 0.25) is 0 Å². The zero-order valence-electron chi connectivity index (χ0n) is 22.7. The zero-order valence-corrected chi connectivity index (χ0v) is 22.7. The summed E-state index contributed by atoms with van der Waals surface area (Å²) in [5, 5.41) is 41.8. The van der Waals surface area contributed by atoms with Gasteiger partial charge in [-0.15, -0.1) is 0 Å². The summed E-state index contributed by atoms with van der Waals surface area (Å²) in [5.74, 6) is -1.20. The molecule has 5 aliphatic rings. The third-order valence-corrected chi connectivity index (χ3v) is 13.5. The highest BCUT2D eigenvalue weighted by molar-refractivity contribution is 5.77. The summed E-state index contributed by atoms with van der Waals surface area (Å²) in [5.41, 5.74) is -1.01. The number of aliphatic carboxylic acids is 2. The average molecular weight is 503 g/mol. The molecule has 11 unspecified atom stereocenters. The van der Waals surface area contributed by atoms with E-state index in [0.717, 1.165) is 38.5 Å². The molecule has 6 heteroatoms. The second-order valence-corrected chi connectivity index (χ2v) is 14.2. The second-order valence-electron chi connectivity index (χ2n) is 14.2. The lowest BCUT2D eigenvalue weighted by Crippen LogP contribution is -2.66. The first-order valence-corrected chi connectivity index (χ1v) is 14.2.